The number of nitrogens with one attached hydrogen (secondary N) is 3. The molecule has 4 aromatic rings. The van der Waals surface area contributed by atoms with E-state index in [-0.39, 0.29) is 30.4 Å². The third-order valence-corrected chi connectivity index (χ3v) is 8.00. The fourth-order valence-corrected chi connectivity index (χ4v) is 5.44. The normalized spacial score (nSPS) is 14.2. The minimum atomic E-state index is -0.871. The average Bonchev–Trinajstić information content (AvgIpc) is 3.64. The largest absolute Gasteiger partial charge is 0.468 e. The number of furan rings is 1. The number of aliphatic hydroxyl groups is 1. The standard InChI is InChI=1S/C32H37N3O4S/c1-20-15-25(31(37)34-23(4)30-13-12-21(2)40-30)18-26(16-20)32(38)35-27(17-24-9-6-5-7-10-24)28(36)19-33-22(3)29-11-8-14-39-29/h5-16,18,22-23,27-28,33,36H,17,19H2,1-4H3,(H,34,37)(H,35,38)/t22?,23?,27-,28+/m0/s1. The number of thiophene rings is 1. The number of rotatable bonds is 12. The number of aliphatic hydroxyl groups excluding tert-OH is 1. The van der Waals surface area contributed by atoms with Gasteiger partial charge in [-0.25, -0.2) is 0 Å². The van der Waals surface area contributed by atoms with Gasteiger partial charge in [0.05, 0.1) is 30.5 Å². The van der Waals surface area contributed by atoms with Crippen molar-refractivity contribution in [1.82, 2.24) is 16.0 Å². The Hall–Kier alpha value is -3.72. The fraction of sp³-hybridized carbons (Fsp3) is 0.312. The number of hydrogen-bond acceptors (Lipinski definition) is 6. The third-order valence-electron chi connectivity index (χ3n) is 6.82. The fourth-order valence-electron chi connectivity index (χ4n) is 4.56. The van der Waals surface area contributed by atoms with Crippen LogP contribution >= 0.6 is 11.3 Å². The van der Waals surface area contributed by atoms with Gasteiger partial charge < -0.3 is 25.5 Å². The molecule has 2 aromatic heterocycles. The Morgan fingerprint density at radius 1 is 0.875 bits per heavy atom. The molecule has 0 aliphatic rings. The molecule has 0 radical (unpaired) electrons. The number of amides is 2. The van der Waals surface area contributed by atoms with E-state index in [0.717, 1.165) is 21.8 Å². The predicted octanol–water partition coefficient (Wildman–Crippen LogP) is 5.50. The third kappa shape index (κ3) is 7.91. The van der Waals surface area contributed by atoms with Crippen molar-refractivity contribution in [3.8, 4) is 0 Å². The second kappa shape index (κ2) is 13.6. The first-order valence-electron chi connectivity index (χ1n) is 13.5. The van der Waals surface area contributed by atoms with E-state index in [9.17, 15) is 14.7 Å². The average molecular weight is 560 g/mol. The maximum atomic E-state index is 13.5. The molecular formula is C32H37N3O4S. The lowest BCUT2D eigenvalue weighted by molar-refractivity contribution is 0.0824. The van der Waals surface area contributed by atoms with Gasteiger partial charge in [0.25, 0.3) is 11.8 Å². The molecule has 0 aliphatic carbocycles. The lowest BCUT2D eigenvalue weighted by Gasteiger charge is -2.26. The Kier molecular flexibility index (Phi) is 9.93. The van der Waals surface area contributed by atoms with Gasteiger partial charge in [0.2, 0.25) is 0 Å². The first-order chi connectivity index (χ1) is 19.2. The van der Waals surface area contributed by atoms with Crippen LogP contribution in [0.1, 0.15) is 73.3 Å². The molecule has 210 valence electrons. The van der Waals surface area contributed by atoms with E-state index in [4.69, 9.17) is 4.42 Å². The Labute approximate surface area is 239 Å². The summed E-state index contributed by atoms with van der Waals surface area (Å²) < 4.78 is 5.45. The Morgan fingerprint density at radius 2 is 1.57 bits per heavy atom. The molecule has 0 saturated heterocycles. The van der Waals surface area contributed by atoms with Crippen LogP contribution in [0.2, 0.25) is 0 Å². The van der Waals surface area contributed by atoms with Gasteiger partial charge in [-0.05, 0) is 87.7 Å². The van der Waals surface area contributed by atoms with Crippen LogP contribution in [0.5, 0.6) is 0 Å². The summed E-state index contributed by atoms with van der Waals surface area (Å²) in [6, 6.07) is 21.8. The highest BCUT2D eigenvalue weighted by molar-refractivity contribution is 7.12. The maximum absolute atomic E-state index is 13.5. The highest BCUT2D eigenvalue weighted by Gasteiger charge is 2.24. The molecule has 7 nitrogen and oxygen atoms in total. The monoisotopic (exact) mass is 559 g/mol. The van der Waals surface area contributed by atoms with E-state index in [1.807, 2.05) is 82.3 Å². The molecule has 4 N–H and O–H groups in total. The van der Waals surface area contributed by atoms with Crippen LogP contribution in [0.15, 0.2) is 83.5 Å². The van der Waals surface area contributed by atoms with E-state index in [0.29, 0.717) is 17.5 Å². The molecule has 0 spiro atoms. The molecule has 4 rings (SSSR count). The minimum Gasteiger partial charge on any atom is -0.468 e. The summed E-state index contributed by atoms with van der Waals surface area (Å²) in [7, 11) is 0. The van der Waals surface area contributed by atoms with Gasteiger partial charge in [-0.1, -0.05) is 30.3 Å². The molecule has 0 fully saturated rings. The summed E-state index contributed by atoms with van der Waals surface area (Å²) in [5.41, 5.74) is 2.57. The Balaban J connectivity index is 1.47. The van der Waals surface area contributed by atoms with Crippen LogP contribution in [-0.4, -0.2) is 35.6 Å². The Morgan fingerprint density at radius 3 is 2.20 bits per heavy atom. The van der Waals surface area contributed by atoms with Gasteiger partial charge in [0.1, 0.15) is 5.76 Å². The van der Waals surface area contributed by atoms with E-state index in [1.165, 1.54) is 4.88 Å². The molecule has 0 aliphatic heterocycles. The molecule has 8 heteroatoms. The Bertz CT molecular complexity index is 1400. The smallest absolute Gasteiger partial charge is 0.251 e. The second-order valence-electron chi connectivity index (χ2n) is 10.2. The molecule has 2 unspecified atom stereocenters. The summed E-state index contributed by atoms with van der Waals surface area (Å²) in [4.78, 5) is 28.8. The molecule has 40 heavy (non-hydrogen) atoms. The molecule has 4 atom stereocenters. The summed E-state index contributed by atoms with van der Waals surface area (Å²) in [6.45, 7) is 8.04. The number of carbonyl (C=O) groups excluding carboxylic acids is 2. The quantitative estimate of drug-likeness (QED) is 0.184. The molecule has 2 amide bonds. The number of benzene rings is 2. The molecule has 2 heterocycles. The maximum Gasteiger partial charge on any atom is 0.251 e. The summed E-state index contributed by atoms with van der Waals surface area (Å²) in [6.07, 6.45) is 1.19. The van der Waals surface area contributed by atoms with Crippen molar-refractivity contribution in [1.29, 1.82) is 0 Å². The van der Waals surface area contributed by atoms with Crippen LogP contribution in [0.4, 0.5) is 0 Å². The van der Waals surface area contributed by atoms with Crippen LogP contribution in [0.3, 0.4) is 0 Å². The van der Waals surface area contributed by atoms with Crippen molar-refractivity contribution < 1.29 is 19.1 Å². The number of aryl methyl sites for hydroxylation is 2. The molecule has 0 bridgehead atoms. The van der Waals surface area contributed by atoms with Crippen LogP contribution in [-0.2, 0) is 6.42 Å². The van der Waals surface area contributed by atoms with Gasteiger partial charge in [-0.15, -0.1) is 11.3 Å². The lowest BCUT2D eigenvalue weighted by Crippen LogP contribution is -2.49. The highest BCUT2D eigenvalue weighted by Crippen LogP contribution is 2.23. The van der Waals surface area contributed by atoms with Crippen molar-refractivity contribution >= 4 is 23.2 Å². The van der Waals surface area contributed by atoms with Gasteiger partial charge in [-0.2, -0.15) is 0 Å². The number of hydrogen-bond donors (Lipinski definition) is 4. The lowest BCUT2D eigenvalue weighted by atomic mass is 9.99. The minimum absolute atomic E-state index is 0.101. The van der Waals surface area contributed by atoms with E-state index in [2.05, 4.69) is 16.0 Å². The van der Waals surface area contributed by atoms with E-state index < -0.39 is 12.1 Å². The van der Waals surface area contributed by atoms with E-state index >= 15 is 0 Å². The van der Waals surface area contributed by atoms with E-state index in [1.54, 1.807) is 35.8 Å². The second-order valence-corrected chi connectivity index (χ2v) is 11.5. The van der Waals surface area contributed by atoms with Crippen molar-refractivity contribution in [3.05, 3.63) is 117 Å². The zero-order valence-corrected chi connectivity index (χ0v) is 24.1. The number of carbonyl (C=O) groups is 2. The molecule has 2 aromatic carbocycles. The molecule has 0 saturated carbocycles. The predicted molar refractivity (Wildman–Crippen MR) is 159 cm³/mol. The van der Waals surface area contributed by atoms with Crippen molar-refractivity contribution in [2.45, 2.75) is 58.3 Å². The first kappa shape index (κ1) is 29.3. The van der Waals surface area contributed by atoms with Gasteiger partial charge in [0.15, 0.2) is 0 Å². The molecular weight excluding hydrogens is 522 g/mol. The van der Waals surface area contributed by atoms with Gasteiger partial charge >= 0.3 is 0 Å². The van der Waals surface area contributed by atoms with Crippen LogP contribution in [0, 0.1) is 13.8 Å². The SMILES string of the molecule is Cc1cc(C(=O)NC(C)c2ccc(C)s2)cc(C(=O)N[C@@H](Cc2ccccc2)[C@H](O)CNC(C)c2ccco2)c1. The summed E-state index contributed by atoms with van der Waals surface area (Å²) in [5, 5.41) is 20.5. The topological polar surface area (TPSA) is 104 Å². The van der Waals surface area contributed by atoms with Crippen LogP contribution in [0.25, 0.3) is 0 Å². The zero-order chi connectivity index (χ0) is 28.6. The van der Waals surface area contributed by atoms with Crippen molar-refractivity contribution in [2.75, 3.05) is 6.54 Å². The van der Waals surface area contributed by atoms with Crippen LogP contribution < -0.4 is 16.0 Å². The summed E-state index contributed by atoms with van der Waals surface area (Å²) in [5.74, 6) is 0.178. The van der Waals surface area contributed by atoms with Gasteiger partial charge in [0, 0.05) is 27.4 Å². The highest BCUT2D eigenvalue weighted by atomic mass is 32.1. The first-order valence-corrected chi connectivity index (χ1v) is 14.3. The van der Waals surface area contributed by atoms with Crippen molar-refractivity contribution in [2.24, 2.45) is 0 Å². The zero-order valence-electron chi connectivity index (χ0n) is 23.3. The van der Waals surface area contributed by atoms with Crippen molar-refractivity contribution in [3.63, 3.8) is 0 Å². The van der Waals surface area contributed by atoms with Gasteiger partial charge in [-0.3, -0.25) is 9.59 Å². The summed E-state index contributed by atoms with van der Waals surface area (Å²) >= 11 is 1.65.